The normalized spacial score (nSPS) is 16.2. The van der Waals surface area contributed by atoms with Gasteiger partial charge in [-0.15, -0.1) is 0 Å². The molecule has 24 heavy (non-hydrogen) atoms. The molecule has 1 fully saturated rings. The molecule has 0 radical (unpaired) electrons. The zero-order valence-electron chi connectivity index (χ0n) is 13.7. The molecule has 6 heteroatoms. The summed E-state index contributed by atoms with van der Waals surface area (Å²) in [6, 6.07) is 8.10. The Bertz CT molecular complexity index is 568. The Morgan fingerprint density at radius 3 is 2.38 bits per heavy atom. The minimum absolute atomic E-state index is 0.0221. The number of benzene rings is 1. The molecule has 2 rings (SSSR count). The number of carbonyl (C=O) groups is 3. The van der Waals surface area contributed by atoms with Crippen LogP contribution in [0.3, 0.4) is 0 Å². The fraction of sp³-hybridized carbons (Fsp3) is 0.500. The second-order valence-corrected chi connectivity index (χ2v) is 6.20. The number of carbonyl (C=O) groups excluding carboxylic acids is 2. The van der Waals surface area contributed by atoms with Crippen molar-refractivity contribution in [1.29, 1.82) is 0 Å². The van der Waals surface area contributed by atoms with Crippen LogP contribution in [-0.4, -0.2) is 35.5 Å². The summed E-state index contributed by atoms with van der Waals surface area (Å²) in [6.45, 7) is -0.187. The smallest absolute Gasteiger partial charge is 0.326 e. The van der Waals surface area contributed by atoms with Crippen LogP contribution >= 0.6 is 0 Å². The second-order valence-electron chi connectivity index (χ2n) is 6.20. The van der Waals surface area contributed by atoms with Crippen LogP contribution in [0.25, 0.3) is 0 Å². The van der Waals surface area contributed by atoms with Gasteiger partial charge in [-0.1, -0.05) is 49.6 Å². The molecule has 1 saturated carbocycles. The van der Waals surface area contributed by atoms with Crippen molar-refractivity contribution in [2.75, 3.05) is 6.54 Å². The number of amides is 2. The van der Waals surface area contributed by atoms with Crippen molar-refractivity contribution >= 4 is 17.8 Å². The molecule has 0 heterocycles. The lowest BCUT2D eigenvalue weighted by Gasteiger charge is -2.21. The van der Waals surface area contributed by atoms with Crippen LogP contribution in [0, 0.1) is 5.92 Å². The van der Waals surface area contributed by atoms with E-state index in [4.69, 9.17) is 0 Å². The van der Waals surface area contributed by atoms with E-state index in [0.29, 0.717) is 0 Å². The maximum atomic E-state index is 12.0. The minimum atomic E-state index is -1.09. The van der Waals surface area contributed by atoms with Gasteiger partial charge < -0.3 is 15.7 Å². The Morgan fingerprint density at radius 2 is 1.75 bits per heavy atom. The molecule has 130 valence electrons. The Labute approximate surface area is 141 Å². The average Bonchev–Trinajstić information content (AvgIpc) is 2.60. The molecule has 0 bridgehead atoms. The van der Waals surface area contributed by atoms with Gasteiger partial charge in [-0.25, -0.2) is 4.79 Å². The van der Waals surface area contributed by atoms with E-state index < -0.39 is 17.9 Å². The summed E-state index contributed by atoms with van der Waals surface area (Å²) in [6.07, 6.45) is 5.17. The highest BCUT2D eigenvalue weighted by atomic mass is 16.4. The van der Waals surface area contributed by atoms with Crippen molar-refractivity contribution in [2.24, 2.45) is 5.92 Å². The highest BCUT2D eigenvalue weighted by Crippen LogP contribution is 2.23. The predicted molar refractivity (Wildman–Crippen MR) is 89.3 cm³/mol. The van der Waals surface area contributed by atoms with Crippen molar-refractivity contribution in [2.45, 2.75) is 44.6 Å². The van der Waals surface area contributed by atoms with E-state index >= 15 is 0 Å². The predicted octanol–water partition coefficient (Wildman–Crippen LogP) is 1.49. The van der Waals surface area contributed by atoms with Gasteiger partial charge in [0.25, 0.3) is 0 Å². The molecular weight excluding hydrogens is 308 g/mol. The SMILES string of the molecule is O=C(CNC(=O)C1CCCCC1)N[C@@H](Cc1ccccc1)C(=O)O. The van der Waals surface area contributed by atoms with E-state index in [-0.39, 0.29) is 24.8 Å². The van der Waals surface area contributed by atoms with Gasteiger partial charge in [0.05, 0.1) is 6.54 Å². The number of hydrogen-bond donors (Lipinski definition) is 3. The summed E-state index contributed by atoms with van der Waals surface area (Å²) in [4.78, 5) is 35.3. The quantitative estimate of drug-likeness (QED) is 0.705. The van der Waals surface area contributed by atoms with Gasteiger partial charge in [-0.2, -0.15) is 0 Å². The molecule has 6 nitrogen and oxygen atoms in total. The van der Waals surface area contributed by atoms with Gasteiger partial charge in [0.15, 0.2) is 0 Å². The summed E-state index contributed by atoms with van der Waals surface area (Å²) in [5.41, 5.74) is 0.830. The Morgan fingerprint density at radius 1 is 1.08 bits per heavy atom. The second kappa shape index (κ2) is 9.05. The molecule has 0 spiro atoms. The van der Waals surface area contributed by atoms with Crippen molar-refractivity contribution in [3.8, 4) is 0 Å². The molecule has 2 amide bonds. The van der Waals surface area contributed by atoms with Crippen molar-refractivity contribution in [3.05, 3.63) is 35.9 Å². The molecule has 1 aliphatic carbocycles. The third-order valence-electron chi connectivity index (χ3n) is 4.32. The number of nitrogens with one attached hydrogen (secondary N) is 2. The van der Waals surface area contributed by atoms with E-state index in [0.717, 1.165) is 37.7 Å². The van der Waals surface area contributed by atoms with Crippen molar-refractivity contribution in [3.63, 3.8) is 0 Å². The van der Waals surface area contributed by atoms with Crippen LogP contribution in [0.2, 0.25) is 0 Å². The lowest BCUT2D eigenvalue weighted by Crippen LogP contribution is -2.47. The molecule has 1 aromatic rings. The molecule has 3 N–H and O–H groups in total. The summed E-state index contributed by atoms with van der Waals surface area (Å²) < 4.78 is 0. The van der Waals surface area contributed by atoms with Crippen LogP contribution in [0.5, 0.6) is 0 Å². The van der Waals surface area contributed by atoms with Crippen LogP contribution in [-0.2, 0) is 20.8 Å². The zero-order valence-corrected chi connectivity index (χ0v) is 13.7. The fourth-order valence-corrected chi connectivity index (χ4v) is 2.97. The minimum Gasteiger partial charge on any atom is -0.480 e. The number of rotatable bonds is 7. The van der Waals surface area contributed by atoms with Crippen LogP contribution in [0.4, 0.5) is 0 Å². The first-order valence-corrected chi connectivity index (χ1v) is 8.40. The zero-order chi connectivity index (χ0) is 17.4. The van der Waals surface area contributed by atoms with Crippen molar-refractivity contribution < 1.29 is 19.5 Å². The number of aliphatic carboxylic acids is 1. The third-order valence-corrected chi connectivity index (χ3v) is 4.32. The van der Waals surface area contributed by atoms with Gasteiger partial charge in [0, 0.05) is 12.3 Å². The van der Waals surface area contributed by atoms with Gasteiger partial charge >= 0.3 is 5.97 Å². The van der Waals surface area contributed by atoms with E-state index in [1.54, 1.807) is 0 Å². The number of hydrogen-bond acceptors (Lipinski definition) is 3. The van der Waals surface area contributed by atoms with E-state index in [1.165, 1.54) is 0 Å². The summed E-state index contributed by atoms with van der Waals surface area (Å²) in [5, 5.41) is 14.3. The highest BCUT2D eigenvalue weighted by molar-refractivity contribution is 5.88. The topological polar surface area (TPSA) is 95.5 Å². The van der Waals surface area contributed by atoms with Crippen LogP contribution in [0.15, 0.2) is 30.3 Å². The number of carboxylic acids is 1. The summed E-state index contributed by atoms with van der Waals surface area (Å²) >= 11 is 0. The highest BCUT2D eigenvalue weighted by Gasteiger charge is 2.23. The average molecular weight is 332 g/mol. The Hall–Kier alpha value is -2.37. The fourth-order valence-electron chi connectivity index (χ4n) is 2.97. The van der Waals surface area contributed by atoms with E-state index in [2.05, 4.69) is 10.6 Å². The van der Waals surface area contributed by atoms with Crippen LogP contribution < -0.4 is 10.6 Å². The molecular formula is C18H24N2O4. The molecule has 0 aromatic heterocycles. The molecule has 0 unspecified atom stereocenters. The first-order valence-electron chi connectivity index (χ1n) is 8.40. The number of carboxylic acid groups (broad SMARTS) is 1. The first kappa shape index (κ1) is 18.0. The van der Waals surface area contributed by atoms with Gasteiger partial charge in [0.2, 0.25) is 11.8 Å². The summed E-state index contributed by atoms with van der Waals surface area (Å²) in [7, 11) is 0. The Balaban J connectivity index is 1.80. The molecule has 0 aliphatic heterocycles. The summed E-state index contributed by atoms with van der Waals surface area (Å²) in [5.74, 6) is -1.71. The molecule has 0 saturated heterocycles. The van der Waals surface area contributed by atoms with E-state index in [9.17, 15) is 19.5 Å². The molecule has 1 aromatic carbocycles. The monoisotopic (exact) mass is 332 g/mol. The molecule has 1 aliphatic rings. The van der Waals surface area contributed by atoms with Gasteiger partial charge in [-0.05, 0) is 18.4 Å². The maximum Gasteiger partial charge on any atom is 0.326 e. The lowest BCUT2D eigenvalue weighted by atomic mass is 9.89. The largest absolute Gasteiger partial charge is 0.480 e. The third kappa shape index (κ3) is 5.68. The van der Waals surface area contributed by atoms with Crippen molar-refractivity contribution in [1.82, 2.24) is 10.6 Å². The Kier molecular flexibility index (Phi) is 6.78. The first-order chi connectivity index (χ1) is 11.6. The standard InChI is InChI=1S/C18H24N2O4/c21-16(12-19-17(22)14-9-5-2-6-10-14)20-15(18(23)24)11-13-7-3-1-4-8-13/h1,3-4,7-8,14-15H,2,5-6,9-12H2,(H,19,22)(H,20,21)(H,23,24)/t15-/m0/s1. The van der Waals surface area contributed by atoms with Gasteiger partial charge in [-0.3, -0.25) is 9.59 Å². The molecule has 1 atom stereocenters. The van der Waals surface area contributed by atoms with Gasteiger partial charge in [0.1, 0.15) is 6.04 Å². The van der Waals surface area contributed by atoms with E-state index in [1.807, 2.05) is 30.3 Å². The maximum absolute atomic E-state index is 12.0. The lowest BCUT2D eigenvalue weighted by molar-refractivity contribution is -0.141. The van der Waals surface area contributed by atoms with Crippen LogP contribution in [0.1, 0.15) is 37.7 Å².